The summed E-state index contributed by atoms with van der Waals surface area (Å²) in [5.41, 5.74) is 3.22. The zero-order chi connectivity index (χ0) is 24.1. The largest absolute Gasteiger partial charge is 0.485 e. The second kappa shape index (κ2) is 8.68. The summed E-state index contributed by atoms with van der Waals surface area (Å²) in [7, 11) is -2.16. The lowest BCUT2D eigenvalue weighted by molar-refractivity contribution is 0.0343. The van der Waals surface area contributed by atoms with Crippen molar-refractivity contribution in [3.8, 4) is 5.75 Å². The Bertz CT molecular complexity index is 1200. The molecule has 2 aromatic rings. The Labute approximate surface area is 202 Å². The van der Waals surface area contributed by atoms with E-state index in [4.69, 9.17) is 14.2 Å². The number of fused-ring (bicyclic) bond motifs is 1. The van der Waals surface area contributed by atoms with Gasteiger partial charge in [-0.3, -0.25) is 9.19 Å². The Morgan fingerprint density at radius 2 is 2.03 bits per heavy atom. The Balaban J connectivity index is 1.24. The van der Waals surface area contributed by atoms with Crippen LogP contribution in [0.15, 0.2) is 22.9 Å². The van der Waals surface area contributed by atoms with Gasteiger partial charge in [-0.15, -0.1) is 0 Å². The molecule has 0 bridgehead atoms. The first kappa shape index (κ1) is 23.4. The van der Waals surface area contributed by atoms with Crippen LogP contribution in [0.1, 0.15) is 63.0 Å². The van der Waals surface area contributed by atoms with Crippen molar-refractivity contribution >= 4 is 27.2 Å². The van der Waals surface area contributed by atoms with Crippen molar-refractivity contribution in [3.05, 3.63) is 35.4 Å². The third kappa shape index (κ3) is 4.47. The van der Waals surface area contributed by atoms with Crippen LogP contribution in [0, 0.1) is 5.92 Å². The first-order valence-electron chi connectivity index (χ1n) is 12.2. The molecule has 2 atom stereocenters. The third-order valence-corrected chi connectivity index (χ3v) is 8.88. The van der Waals surface area contributed by atoms with Gasteiger partial charge in [-0.05, 0) is 43.7 Å². The maximum Gasteiger partial charge on any atom is 0.324 e. The molecule has 1 saturated heterocycles. The fourth-order valence-electron chi connectivity index (χ4n) is 5.29. The van der Waals surface area contributed by atoms with Gasteiger partial charge in [0.2, 0.25) is 0 Å². The first-order valence-corrected chi connectivity index (χ1v) is 14.2. The lowest BCUT2D eigenvalue weighted by atomic mass is 9.79. The molecule has 34 heavy (non-hydrogen) atoms. The number of hydrogen-bond acceptors (Lipinski definition) is 7. The lowest BCUT2D eigenvalue weighted by Gasteiger charge is -2.39. The predicted octanol–water partition coefficient (Wildman–Crippen LogP) is 3.55. The molecule has 0 saturated carbocycles. The smallest absolute Gasteiger partial charge is 0.324 e. The predicted molar refractivity (Wildman–Crippen MR) is 136 cm³/mol. The number of piperidine rings is 1. The summed E-state index contributed by atoms with van der Waals surface area (Å²) in [6.45, 7) is 9.55. The average Bonchev–Trinajstić information content (AvgIpc) is 3.43. The van der Waals surface area contributed by atoms with Crippen LogP contribution < -0.4 is 9.64 Å². The Kier molecular flexibility index (Phi) is 5.96. The summed E-state index contributed by atoms with van der Waals surface area (Å²) in [5.74, 6) is 6.18. The lowest BCUT2D eigenvalue weighted by Crippen LogP contribution is -2.46. The third-order valence-electron chi connectivity index (χ3n) is 7.46. The van der Waals surface area contributed by atoms with Gasteiger partial charge in [0.05, 0.1) is 11.9 Å². The van der Waals surface area contributed by atoms with Gasteiger partial charge in [0.25, 0.3) is 0 Å². The molecule has 1 fully saturated rings. The molecule has 0 radical (unpaired) electrons. The van der Waals surface area contributed by atoms with Crippen molar-refractivity contribution in [2.24, 2.45) is 5.92 Å². The van der Waals surface area contributed by atoms with E-state index >= 15 is 0 Å². The molecule has 2 aromatic heterocycles. The maximum absolute atomic E-state index is 12.2. The van der Waals surface area contributed by atoms with Crippen molar-refractivity contribution < 1.29 is 13.5 Å². The van der Waals surface area contributed by atoms with Gasteiger partial charge in [0.1, 0.15) is 11.4 Å². The topological polar surface area (TPSA) is 84.6 Å². The number of rotatable bonds is 5. The standard InChI is InChI=1S/C25H35N5O3S/c1-17(2)23-27-24(33-28-23)29-10-8-20(9-11-29)25(3)15-19-14-21(26-16-22(19)32-25)18-6-12-30(13-7-18)34(4,5)31/h6,14,16-17,20H,4,7-13,15H2,1-3,5H3/t25-,34?/m0/s1. The van der Waals surface area contributed by atoms with Gasteiger partial charge < -0.3 is 14.2 Å². The minimum atomic E-state index is -2.16. The van der Waals surface area contributed by atoms with Crippen molar-refractivity contribution in [1.82, 2.24) is 19.4 Å². The quantitative estimate of drug-likeness (QED) is 0.599. The molecule has 5 rings (SSSR count). The molecule has 5 heterocycles. The molecule has 8 nitrogen and oxygen atoms in total. The van der Waals surface area contributed by atoms with Gasteiger partial charge in [-0.2, -0.15) is 4.98 Å². The SMILES string of the molecule is C=S(C)(=O)N1CC=C(c2cc3c(cn2)O[C@](C)(C2CCN(c4nc(C(C)C)no4)CC2)C3)CC1. The molecule has 3 aliphatic rings. The fourth-order valence-corrected chi connectivity index (χ4v) is 6.16. The van der Waals surface area contributed by atoms with Gasteiger partial charge in [0.15, 0.2) is 5.82 Å². The summed E-state index contributed by atoms with van der Waals surface area (Å²) < 4.78 is 26.2. The van der Waals surface area contributed by atoms with Gasteiger partial charge in [0, 0.05) is 66.0 Å². The summed E-state index contributed by atoms with van der Waals surface area (Å²) in [5, 5.41) is 4.11. The van der Waals surface area contributed by atoms with E-state index in [1.54, 1.807) is 6.26 Å². The van der Waals surface area contributed by atoms with Crippen molar-refractivity contribution in [1.29, 1.82) is 0 Å². The molecule has 0 spiro atoms. The second-order valence-electron chi connectivity index (χ2n) is 10.4. The summed E-state index contributed by atoms with van der Waals surface area (Å²) in [4.78, 5) is 11.5. The second-order valence-corrected chi connectivity index (χ2v) is 12.9. The first-order chi connectivity index (χ1) is 16.1. The molecule has 0 aliphatic carbocycles. The van der Waals surface area contributed by atoms with Crippen LogP contribution in [0.4, 0.5) is 6.01 Å². The van der Waals surface area contributed by atoms with Crippen molar-refractivity contribution in [2.45, 2.75) is 58.0 Å². The molecule has 0 aromatic carbocycles. The van der Waals surface area contributed by atoms with Crippen LogP contribution in [-0.4, -0.2) is 67.5 Å². The van der Waals surface area contributed by atoms with E-state index in [0.29, 0.717) is 18.5 Å². The van der Waals surface area contributed by atoms with E-state index in [0.717, 1.165) is 62.6 Å². The van der Waals surface area contributed by atoms with E-state index in [1.165, 1.54) is 11.1 Å². The Morgan fingerprint density at radius 3 is 2.65 bits per heavy atom. The highest BCUT2D eigenvalue weighted by molar-refractivity contribution is 7.97. The highest BCUT2D eigenvalue weighted by atomic mass is 32.2. The molecule has 0 amide bonds. The number of ether oxygens (including phenoxy) is 1. The van der Waals surface area contributed by atoms with E-state index < -0.39 is 9.71 Å². The molecule has 1 unspecified atom stereocenters. The summed E-state index contributed by atoms with van der Waals surface area (Å²) >= 11 is 0. The molecule has 0 N–H and O–H groups in total. The van der Waals surface area contributed by atoms with E-state index in [2.05, 4.69) is 53.8 Å². The number of aromatic nitrogens is 3. The van der Waals surface area contributed by atoms with Crippen molar-refractivity contribution in [2.75, 3.05) is 37.3 Å². The zero-order valence-corrected chi connectivity index (χ0v) is 21.4. The highest BCUT2D eigenvalue weighted by Crippen LogP contribution is 2.43. The molecule has 9 heteroatoms. The van der Waals surface area contributed by atoms with Crippen LogP contribution in [0.3, 0.4) is 0 Å². The summed E-state index contributed by atoms with van der Waals surface area (Å²) in [6.07, 6.45) is 9.48. The van der Waals surface area contributed by atoms with Gasteiger partial charge in [-0.1, -0.05) is 25.1 Å². The Hall–Kier alpha value is -2.39. The number of hydrogen-bond donors (Lipinski definition) is 0. The zero-order valence-electron chi connectivity index (χ0n) is 20.6. The fraction of sp³-hybridized carbons (Fsp3) is 0.600. The van der Waals surface area contributed by atoms with E-state index in [9.17, 15) is 4.21 Å². The monoisotopic (exact) mass is 485 g/mol. The Morgan fingerprint density at radius 1 is 1.26 bits per heavy atom. The molecular formula is C25H35N5O3S. The van der Waals surface area contributed by atoms with E-state index in [1.807, 2.05) is 10.5 Å². The number of anilines is 1. The van der Waals surface area contributed by atoms with Gasteiger partial charge >= 0.3 is 6.01 Å². The van der Waals surface area contributed by atoms with Gasteiger partial charge in [-0.25, -0.2) is 4.31 Å². The van der Waals surface area contributed by atoms with E-state index in [-0.39, 0.29) is 11.5 Å². The van der Waals surface area contributed by atoms with Crippen LogP contribution in [0.2, 0.25) is 0 Å². The van der Waals surface area contributed by atoms with Crippen molar-refractivity contribution in [3.63, 3.8) is 0 Å². The molecular weight excluding hydrogens is 450 g/mol. The maximum atomic E-state index is 12.2. The van der Waals surface area contributed by atoms with Crippen LogP contribution >= 0.6 is 0 Å². The highest BCUT2D eigenvalue weighted by Gasteiger charge is 2.44. The van der Waals surface area contributed by atoms with Crippen LogP contribution in [0.5, 0.6) is 5.75 Å². The normalized spacial score (nSPS) is 25.7. The summed E-state index contributed by atoms with van der Waals surface area (Å²) in [6, 6.07) is 2.82. The molecule has 184 valence electrons. The van der Waals surface area contributed by atoms with Crippen LogP contribution in [-0.2, 0) is 16.1 Å². The van der Waals surface area contributed by atoms with Crippen LogP contribution in [0.25, 0.3) is 5.57 Å². The molecule has 3 aliphatic heterocycles. The minimum absolute atomic E-state index is 0.230. The average molecular weight is 486 g/mol. The number of nitrogens with zero attached hydrogens (tertiary/aromatic N) is 5. The minimum Gasteiger partial charge on any atom is -0.485 e. The number of pyridine rings is 1.